The molecule has 9 nitrogen and oxygen atoms in total. The quantitative estimate of drug-likeness (QED) is 0.273. The molecule has 1 N–H and O–H groups in total. The summed E-state index contributed by atoms with van der Waals surface area (Å²) in [6, 6.07) is 10.4. The summed E-state index contributed by atoms with van der Waals surface area (Å²) in [4.78, 5) is 23.5. The van der Waals surface area contributed by atoms with Crippen LogP contribution in [0.1, 0.15) is 36.6 Å². The van der Waals surface area contributed by atoms with Gasteiger partial charge in [-0.1, -0.05) is 0 Å². The number of hydrogen-bond acceptors (Lipinski definition) is 6. The highest BCUT2D eigenvalue weighted by atomic mass is 79.9. The van der Waals surface area contributed by atoms with Crippen molar-refractivity contribution >= 4 is 33.2 Å². The van der Waals surface area contributed by atoms with Gasteiger partial charge in [0.05, 0.1) is 34.0 Å². The molecule has 1 aliphatic rings. The summed E-state index contributed by atoms with van der Waals surface area (Å²) in [5.74, 6) is 0.645. The van der Waals surface area contributed by atoms with Crippen molar-refractivity contribution in [3.8, 4) is 17.2 Å². The zero-order chi connectivity index (χ0) is 24.4. The van der Waals surface area contributed by atoms with E-state index in [2.05, 4.69) is 26.3 Å². The normalized spacial score (nSPS) is 13.1. The Hall–Kier alpha value is -3.54. The SMILES string of the molecule is COc1ccc(Oc2cc(NC(=O)Cn3nc(C(F)F)c(Br)c3C3CC3)cc([N+](=O)[O-])c2)cc1. The number of hydrogen-bond donors (Lipinski definition) is 1. The highest BCUT2D eigenvalue weighted by molar-refractivity contribution is 9.10. The fourth-order valence-corrected chi connectivity index (χ4v) is 4.20. The number of methoxy groups -OCH3 is 1. The predicted molar refractivity (Wildman–Crippen MR) is 122 cm³/mol. The fraction of sp³-hybridized carbons (Fsp3) is 0.273. The number of anilines is 1. The third-order valence-corrected chi connectivity index (χ3v) is 5.91. The first-order valence-electron chi connectivity index (χ1n) is 10.2. The lowest BCUT2D eigenvalue weighted by Crippen LogP contribution is -2.21. The van der Waals surface area contributed by atoms with Gasteiger partial charge in [0.15, 0.2) is 0 Å². The van der Waals surface area contributed by atoms with Gasteiger partial charge in [-0.15, -0.1) is 0 Å². The summed E-state index contributed by atoms with van der Waals surface area (Å²) < 4.78 is 38.8. The molecular formula is C22H19BrF2N4O5. The fourth-order valence-electron chi connectivity index (χ4n) is 3.42. The molecule has 1 amide bonds. The largest absolute Gasteiger partial charge is 0.497 e. The molecule has 1 fully saturated rings. The average Bonchev–Trinajstić information content (AvgIpc) is 3.57. The standard InChI is InChI=1S/C22H19BrF2N4O5/c1-33-15-4-6-16(7-5-15)34-17-9-13(8-14(10-17)29(31)32)26-18(30)11-28-21(12-2-3-12)19(23)20(27-28)22(24)25/h4-10,12,22H,2-3,11H2,1H3,(H,26,30). The minimum atomic E-state index is -2.79. The van der Waals surface area contributed by atoms with Crippen LogP contribution >= 0.6 is 15.9 Å². The Labute approximate surface area is 200 Å². The van der Waals surface area contributed by atoms with Crippen molar-refractivity contribution in [3.63, 3.8) is 0 Å². The van der Waals surface area contributed by atoms with E-state index < -0.39 is 22.9 Å². The maximum Gasteiger partial charge on any atom is 0.283 e. The number of nitro groups is 1. The molecule has 0 atom stereocenters. The Kier molecular flexibility index (Phi) is 6.77. The molecule has 0 unspecified atom stereocenters. The number of nitrogens with zero attached hydrogens (tertiary/aromatic N) is 3. The topological polar surface area (TPSA) is 109 Å². The summed E-state index contributed by atoms with van der Waals surface area (Å²) in [6.07, 6.45) is -1.14. The van der Waals surface area contributed by atoms with Crippen LogP contribution < -0.4 is 14.8 Å². The molecule has 3 aromatic rings. The third-order valence-electron chi connectivity index (χ3n) is 5.10. The number of benzene rings is 2. The van der Waals surface area contributed by atoms with Gasteiger partial charge in [0.25, 0.3) is 12.1 Å². The third kappa shape index (κ3) is 5.33. The highest BCUT2D eigenvalue weighted by Crippen LogP contribution is 2.45. The zero-order valence-corrected chi connectivity index (χ0v) is 19.4. The number of nitro benzene ring substituents is 1. The number of aromatic nitrogens is 2. The van der Waals surface area contributed by atoms with E-state index in [1.807, 2.05) is 0 Å². The van der Waals surface area contributed by atoms with E-state index in [0.29, 0.717) is 17.2 Å². The van der Waals surface area contributed by atoms with E-state index in [4.69, 9.17) is 9.47 Å². The van der Waals surface area contributed by atoms with Crippen LogP contribution in [0.3, 0.4) is 0 Å². The van der Waals surface area contributed by atoms with Crippen molar-refractivity contribution in [3.05, 3.63) is 68.4 Å². The Morgan fingerprint density at radius 3 is 2.50 bits per heavy atom. The Balaban J connectivity index is 1.54. The molecule has 0 radical (unpaired) electrons. The van der Waals surface area contributed by atoms with E-state index in [1.165, 1.54) is 30.0 Å². The van der Waals surface area contributed by atoms with Crippen molar-refractivity contribution < 1.29 is 28.0 Å². The van der Waals surface area contributed by atoms with E-state index in [1.54, 1.807) is 24.3 Å². The van der Waals surface area contributed by atoms with E-state index in [-0.39, 0.29) is 34.1 Å². The van der Waals surface area contributed by atoms with Gasteiger partial charge in [0.2, 0.25) is 5.91 Å². The van der Waals surface area contributed by atoms with Crippen molar-refractivity contribution in [2.24, 2.45) is 0 Å². The molecule has 0 aliphatic heterocycles. The summed E-state index contributed by atoms with van der Waals surface area (Å²) in [7, 11) is 1.52. The second-order valence-corrected chi connectivity index (χ2v) is 8.41. The number of non-ortho nitro benzene ring substituents is 1. The Morgan fingerprint density at radius 2 is 1.91 bits per heavy atom. The van der Waals surface area contributed by atoms with Crippen LogP contribution in [-0.2, 0) is 11.3 Å². The van der Waals surface area contributed by atoms with Crippen LogP contribution in [-0.4, -0.2) is 27.7 Å². The molecule has 1 heterocycles. The lowest BCUT2D eigenvalue weighted by Gasteiger charge is -2.11. The number of alkyl halides is 2. The summed E-state index contributed by atoms with van der Waals surface area (Å²) in [5.41, 5.74) is -0.0361. The molecule has 2 aromatic carbocycles. The molecule has 4 rings (SSSR count). The molecule has 1 aromatic heterocycles. The number of nitrogens with one attached hydrogen (secondary N) is 1. The van der Waals surface area contributed by atoms with Crippen LogP contribution in [0.4, 0.5) is 20.2 Å². The van der Waals surface area contributed by atoms with Crippen LogP contribution in [0.25, 0.3) is 0 Å². The van der Waals surface area contributed by atoms with Gasteiger partial charge in [-0.3, -0.25) is 19.6 Å². The van der Waals surface area contributed by atoms with Crippen molar-refractivity contribution in [2.45, 2.75) is 31.7 Å². The summed E-state index contributed by atoms with van der Waals surface area (Å²) >= 11 is 3.18. The molecule has 0 saturated heterocycles. The summed E-state index contributed by atoms with van der Waals surface area (Å²) in [5, 5.41) is 17.8. The molecular weight excluding hydrogens is 518 g/mol. The number of carbonyl (C=O) groups is 1. The zero-order valence-electron chi connectivity index (χ0n) is 17.8. The molecule has 1 saturated carbocycles. The van der Waals surface area contributed by atoms with Gasteiger partial charge in [0, 0.05) is 18.1 Å². The second-order valence-electron chi connectivity index (χ2n) is 7.62. The van der Waals surface area contributed by atoms with Gasteiger partial charge in [-0.2, -0.15) is 5.10 Å². The first-order chi connectivity index (χ1) is 16.2. The molecule has 1 aliphatic carbocycles. The highest BCUT2D eigenvalue weighted by Gasteiger charge is 2.34. The van der Waals surface area contributed by atoms with Gasteiger partial charge in [-0.05, 0) is 53.0 Å². The number of halogens is 3. The lowest BCUT2D eigenvalue weighted by atomic mass is 10.2. The summed E-state index contributed by atoms with van der Waals surface area (Å²) in [6.45, 7) is -0.325. The monoisotopic (exact) mass is 536 g/mol. The van der Waals surface area contributed by atoms with E-state index >= 15 is 0 Å². The number of carbonyl (C=O) groups excluding carboxylic acids is 1. The Morgan fingerprint density at radius 1 is 1.24 bits per heavy atom. The van der Waals surface area contributed by atoms with Gasteiger partial charge >= 0.3 is 0 Å². The maximum absolute atomic E-state index is 13.3. The van der Waals surface area contributed by atoms with Gasteiger partial charge in [0.1, 0.15) is 29.5 Å². The second kappa shape index (κ2) is 9.75. The van der Waals surface area contributed by atoms with Crippen LogP contribution in [0, 0.1) is 10.1 Å². The average molecular weight is 537 g/mol. The maximum atomic E-state index is 13.3. The number of amides is 1. The van der Waals surface area contributed by atoms with Gasteiger partial charge in [-0.25, -0.2) is 8.78 Å². The first kappa shape index (κ1) is 23.6. The first-order valence-corrected chi connectivity index (χ1v) is 11.0. The van der Waals surface area contributed by atoms with Gasteiger partial charge < -0.3 is 14.8 Å². The van der Waals surface area contributed by atoms with Crippen LogP contribution in [0.15, 0.2) is 46.9 Å². The van der Waals surface area contributed by atoms with Crippen LogP contribution in [0.2, 0.25) is 0 Å². The van der Waals surface area contributed by atoms with Crippen molar-refractivity contribution in [2.75, 3.05) is 12.4 Å². The smallest absolute Gasteiger partial charge is 0.283 e. The van der Waals surface area contributed by atoms with Crippen molar-refractivity contribution in [1.29, 1.82) is 0 Å². The van der Waals surface area contributed by atoms with E-state index in [9.17, 15) is 23.7 Å². The van der Waals surface area contributed by atoms with Crippen molar-refractivity contribution in [1.82, 2.24) is 9.78 Å². The van der Waals surface area contributed by atoms with Crippen LogP contribution in [0.5, 0.6) is 17.2 Å². The number of ether oxygens (including phenoxy) is 2. The predicted octanol–water partition coefficient (Wildman–Crippen LogP) is 5.81. The molecule has 34 heavy (non-hydrogen) atoms. The molecule has 0 bridgehead atoms. The molecule has 0 spiro atoms. The molecule has 178 valence electrons. The minimum Gasteiger partial charge on any atom is -0.497 e. The minimum absolute atomic E-state index is 0.0597. The molecule has 12 heteroatoms. The number of rotatable bonds is 9. The lowest BCUT2D eigenvalue weighted by molar-refractivity contribution is -0.384. The van der Waals surface area contributed by atoms with E-state index in [0.717, 1.165) is 12.8 Å². The Bertz CT molecular complexity index is 1230.